The lowest BCUT2D eigenvalue weighted by Gasteiger charge is -2.22. The molecule has 0 spiro atoms. The van der Waals surface area contributed by atoms with Gasteiger partial charge < -0.3 is 5.32 Å². The zero-order chi connectivity index (χ0) is 14.9. The van der Waals surface area contributed by atoms with Gasteiger partial charge in [0, 0.05) is 38.9 Å². The van der Waals surface area contributed by atoms with Crippen molar-refractivity contribution in [2.75, 3.05) is 18.4 Å². The lowest BCUT2D eigenvalue weighted by atomic mass is 9.98. The van der Waals surface area contributed by atoms with Crippen molar-refractivity contribution in [3.05, 3.63) is 48.3 Å². The largest absolute Gasteiger partial charge is 0.379 e. The highest BCUT2D eigenvalue weighted by atomic mass is 15.3. The summed E-state index contributed by atoms with van der Waals surface area (Å²) in [5.41, 5.74) is 2.59. The monoisotopic (exact) mass is 296 g/mol. The molecule has 1 aliphatic heterocycles. The predicted molar refractivity (Wildman–Crippen MR) is 88.6 cm³/mol. The van der Waals surface area contributed by atoms with Crippen LogP contribution in [0.15, 0.2) is 42.7 Å². The maximum atomic E-state index is 4.26. The van der Waals surface area contributed by atoms with E-state index in [1.54, 1.807) is 0 Å². The van der Waals surface area contributed by atoms with Crippen LogP contribution in [0.5, 0.6) is 0 Å². The Morgan fingerprint density at radius 2 is 2.05 bits per heavy atom. The van der Waals surface area contributed by atoms with Crippen LogP contribution in [0.2, 0.25) is 0 Å². The molecule has 3 atom stereocenters. The van der Waals surface area contributed by atoms with E-state index in [-0.39, 0.29) is 0 Å². The number of nitrogens with zero attached hydrogens (tertiary/aromatic N) is 3. The molecule has 2 heterocycles. The molecular formula is C18H24N4. The molecule has 0 bridgehead atoms. The van der Waals surface area contributed by atoms with E-state index < -0.39 is 0 Å². The lowest BCUT2D eigenvalue weighted by molar-refractivity contribution is 0.300. The SMILES string of the molecule is Cn1cc(N[C@@H]2CC[C@H]3CN(Cc4ccccc4)C[C@H]32)cn1. The molecule has 1 aliphatic carbocycles. The zero-order valence-corrected chi connectivity index (χ0v) is 13.2. The second-order valence-electron chi connectivity index (χ2n) is 6.83. The van der Waals surface area contributed by atoms with Crippen LogP contribution >= 0.6 is 0 Å². The first kappa shape index (κ1) is 13.8. The fourth-order valence-electron chi connectivity index (χ4n) is 4.22. The van der Waals surface area contributed by atoms with Gasteiger partial charge in [-0.1, -0.05) is 30.3 Å². The fraction of sp³-hybridized carbons (Fsp3) is 0.500. The minimum Gasteiger partial charge on any atom is -0.379 e. The molecule has 1 N–H and O–H groups in total. The summed E-state index contributed by atoms with van der Waals surface area (Å²) in [4.78, 5) is 2.63. The number of hydrogen-bond acceptors (Lipinski definition) is 3. The predicted octanol–water partition coefficient (Wildman–Crippen LogP) is 2.74. The fourth-order valence-corrected chi connectivity index (χ4v) is 4.22. The van der Waals surface area contributed by atoms with E-state index in [9.17, 15) is 0 Å². The molecule has 1 aromatic carbocycles. The van der Waals surface area contributed by atoms with Crippen molar-refractivity contribution in [3.8, 4) is 0 Å². The van der Waals surface area contributed by atoms with Crippen molar-refractivity contribution in [2.45, 2.75) is 25.4 Å². The number of likely N-dealkylation sites (tertiary alicyclic amines) is 1. The number of aryl methyl sites for hydroxylation is 1. The van der Waals surface area contributed by atoms with Crippen LogP contribution in [0, 0.1) is 11.8 Å². The Balaban J connectivity index is 1.38. The number of benzene rings is 1. The molecule has 4 heteroatoms. The molecule has 2 aromatic rings. The topological polar surface area (TPSA) is 33.1 Å². The summed E-state index contributed by atoms with van der Waals surface area (Å²) in [5, 5.41) is 7.97. The quantitative estimate of drug-likeness (QED) is 0.942. The van der Waals surface area contributed by atoms with Crippen LogP contribution in [-0.4, -0.2) is 33.8 Å². The van der Waals surface area contributed by atoms with Crippen molar-refractivity contribution in [2.24, 2.45) is 18.9 Å². The number of hydrogen-bond donors (Lipinski definition) is 1. The molecule has 2 aliphatic rings. The molecule has 1 saturated carbocycles. The Kier molecular flexibility index (Phi) is 3.62. The molecule has 1 aromatic heterocycles. The molecule has 1 saturated heterocycles. The van der Waals surface area contributed by atoms with Gasteiger partial charge in [-0.05, 0) is 30.2 Å². The van der Waals surface area contributed by atoms with Crippen molar-refractivity contribution >= 4 is 5.69 Å². The smallest absolute Gasteiger partial charge is 0.0728 e. The van der Waals surface area contributed by atoms with E-state index in [4.69, 9.17) is 0 Å². The molecule has 4 rings (SSSR count). The Hall–Kier alpha value is -1.81. The summed E-state index contributed by atoms with van der Waals surface area (Å²) in [6.45, 7) is 3.57. The number of nitrogens with one attached hydrogen (secondary N) is 1. The van der Waals surface area contributed by atoms with Gasteiger partial charge in [-0.3, -0.25) is 9.58 Å². The maximum Gasteiger partial charge on any atom is 0.0728 e. The summed E-state index contributed by atoms with van der Waals surface area (Å²) >= 11 is 0. The van der Waals surface area contributed by atoms with Crippen LogP contribution in [-0.2, 0) is 13.6 Å². The molecular weight excluding hydrogens is 272 g/mol. The van der Waals surface area contributed by atoms with Gasteiger partial charge >= 0.3 is 0 Å². The zero-order valence-electron chi connectivity index (χ0n) is 13.2. The highest BCUT2D eigenvalue weighted by Crippen LogP contribution is 2.39. The van der Waals surface area contributed by atoms with Gasteiger partial charge in [0.15, 0.2) is 0 Å². The highest BCUT2D eigenvalue weighted by Gasteiger charge is 2.42. The van der Waals surface area contributed by atoms with E-state index in [0.29, 0.717) is 6.04 Å². The number of rotatable bonds is 4. The minimum atomic E-state index is 0.606. The molecule has 22 heavy (non-hydrogen) atoms. The maximum absolute atomic E-state index is 4.26. The van der Waals surface area contributed by atoms with Gasteiger partial charge in [-0.25, -0.2) is 0 Å². The number of aromatic nitrogens is 2. The van der Waals surface area contributed by atoms with Crippen LogP contribution in [0.3, 0.4) is 0 Å². The van der Waals surface area contributed by atoms with Gasteiger partial charge in [-0.15, -0.1) is 0 Å². The second-order valence-corrected chi connectivity index (χ2v) is 6.83. The molecule has 4 nitrogen and oxygen atoms in total. The van der Waals surface area contributed by atoms with Crippen LogP contribution in [0.1, 0.15) is 18.4 Å². The first-order chi connectivity index (χ1) is 10.8. The van der Waals surface area contributed by atoms with Gasteiger partial charge in [0.05, 0.1) is 11.9 Å². The van der Waals surface area contributed by atoms with Crippen molar-refractivity contribution < 1.29 is 0 Å². The third-order valence-corrected chi connectivity index (χ3v) is 5.24. The van der Waals surface area contributed by atoms with Gasteiger partial charge in [0.1, 0.15) is 0 Å². The number of fused-ring (bicyclic) bond motifs is 1. The van der Waals surface area contributed by atoms with Gasteiger partial charge in [-0.2, -0.15) is 5.10 Å². The second kappa shape index (κ2) is 5.76. The van der Waals surface area contributed by atoms with Gasteiger partial charge in [0.2, 0.25) is 0 Å². The molecule has 2 fully saturated rings. The third-order valence-electron chi connectivity index (χ3n) is 5.24. The molecule has 0 radical (unpaired) electrons. The first-order valence-corrected chi connectivity index (χ1v) is 8.29. The average molecular weight is 296 g/mol. The average Bonchev–Trinajstić information content (AvgIpc) is 3.19. The van der Waals surface area contributed by atoms with E-state index >= 15 is 0 Å². The summed E-state index contributed by atoms with van der Waals surface area (Å²) in [6, 6.07) is 11.4. The Morgan fingerprint density at radius 1 is 1.18 bits per heavy atom. The van der Waals surface area contributed by atoms with Crippen LogP contribution < -0.4 is 5.32 Å². The Bertz CT molecular complexity index is 621. The number of anilines is 1. The summed E-state index contributed by atoms with van der Waals surface area (Å²) in [5.74, 6) is 1.64. The Labute approximate surface area is 132 Å². The van der Waals surface area contributed by atoms with E-state index in [0.717, 1.165) is 24.1 Å². The van der Waals surface area contributed by atoms with Crippen molar-refractivity contribution in [1.82, 2.24) is 14.7 Å². The minimum absolute atomic E-state index is 0.606. The normalized spacial score (nSPS) is 28.0. The van der Waals surface area contributed by atoms with Crippen molar-refractivity contribution in [3.63, 3.8) is 0 Å². The lowest BCUT2D eigenvalue weighted by Crippen LogP contribution is -2.29. The summed E-state index contributed by atoms with van der Waals surface area (Å²) in [7, 11) is 1.97. The van der Waals surface area contributed by atoms with E-state index in [2.05, 4.69) is 51.8 Å². The summed E-state index contributed by atoms with van der Waals surface area (Å²) in [6.07, 6.45) is 6.66. The first-order valence-electron chi connectivity index (χ1n) is 8.29. The van der Waals surface area contributed by atoms with Crippen LogP contribution in [0.4, 0.5) is 5.69 Å². The van der Waals surface area contributed by atoms with E-state index in [1.165, 1.54) is 31.5 Å². The van der Waals surface area contributed by atoms with Gasteiger partial charge in [0.25, 0.3) is 0 Å². The Morgan fingerprint density at radius 3 is 2.82 bits per heavy atom. The summed E-state index contributed by atoms with van der Waals surface area (Å²) < 4.78 is 1.87. The standard InChI is InChI=1S/C18H24N4/c1-21-12-16(9-19-21)20-18-8-7-15-11-22(13-17(15)18)10-14-5-3-2-4-6-14/h2-6,9,12,15,17-18,20H,7-8,10-11,13H2,1H3/t15-,17+,18+/m0/s1. The molecule has 116 valence electrons. The van der Waals surface area contributed by atoms with Crippen molar-refractivity contribution in [1.29, 1.82) is 0 Å². The van der Waals surface area contributed by atoms with E-state index in [1.807, 2.05) is 17.9 Å². The molecule has 0 unspecified atom stereocenters. The molecule has 0 amide bonds. The van der Waals surface area contributed by atoms with Crippen LogP contribution in [0.25, 0.3) is 0 Å². The highest BCUT2D eigenvalue weighted by molar-refractivity contribution is 5.40. The third kappa shape index (κ3) is 2.75.